The van der Waals surface area contributed by atoms with Gasteiger partial charge in [-0.3, -0.25) is 9.78 Å². The van der Waals surface area contributed by atoms with E-state index in [9.17, 15) is 4.79 Å². The first-order chi connectivity index (χ1) is 13.2. The monoisotopic (exact) mass is 367 g/mol. The minimum atomic E-state index is 0.0400. The van der Waals surface area contributed by atoms with Gasteiger partial charge in [0.2, 0.25) is 0 Å². The van der Waals surface area contributed by atoms with Crippen LogP contribution in [0.25, 0.3) is 0 Å². The molecule has 6 heteroatoms. The number of benzene rings is 1. The second-order valence-corrected chi connectivity index (χ2v) is 7.05. The van der Waals surface area contributed by atoms with Crippen LogP contribution in [0.1, 0.15) is 34.5 Å². The van der Waals surface area contributed by atoms with Crippen molar-refractivity contribution >= 4 is 11.6 Å². The van der Waals surface area contributed by atoms with E-state index in [2.05, 4.69) is 22.0 Å². The largest absolute Gasteiger partial charge is 0.493 e. The van der Waals surface area contributed by atoms with E-state index in [1.54, 1.807) is 20.4 Å². The van der Waals surface area contributed by atoms with Gasteiger partial charge in [-0.2, -0.15) is 0 Å². The number of carbonyl (C=O) groups excluding carboxylic acids is 1. The lowest BCUT2D eigenvalue weighted by atomic mass is 9.98. The van der Waals surface area contributed by atoms with Crippen molar-refractivity contribution in [2.45, 2.75) is 25.8 Å². The third-order valence-corrected chi connectivity index (χ3v) is 5.44. The first-order valence-electron chi connectivity index (χ1n) is 9.43. The Balaban J connectivity index is 1.57. The van der Waals surface area contributed by atoms with E-state index in [4.69, 9.17) is 9.47 Å². The molecule has 0 N–H and O–H groups in total. The molecule has 27 heavy (non-hydrogen) atoms. The van der Waals surface area contributed by atoms with Crippen LogP contribution in [-0.2, 0) is 13.0 Å². The number of aromatic nitrogens is 1. The summed E-state index contributed by atoms with van der Waals surface area (Å²) >= 11 is 0. The Morgan fingerprint density at radius 1 is 1.00 bits per heavy atom. The van der Waals surface area contributed by atoms with Crippen LogP contribution in [0.4, 0.5) is 5.69 Å². The zero-order chi connectivity index (χ0) is 18.8. The van der Waals surface area contributed by atoms with E-state index < -0.39 is 0 Å². The van der Waals surface area contributed by atoms with Crippen molar-refractivity contribution in [2.75, 3.05) is 38.8 Å². The second kappa shape index (κ2) is 7.47. The van der Waals surface area contributed by atoms with Crippen LogP contribution >= 0.6 is 0 Å². The number of hydrogen-bond donors (Lipinski definition) is 0. The lowest BCUT2D eigenvalue weighted by molar-refractivity contribution is 0.0787. The van der Waals surface area contributed by atoms with Gasteiger partial charge in [0.05, 0.1) is 14.2 Å². The Bertz CT molecular complexity index is 847. The van der Waals surface area contributed by atoms with Gasteiger partial charge >= 0.3 is 0 Å². The third-order valence-electron chi connectivity index (χ3n) is 5.44. The molecule has 142 valence electrons. The standard InChI is InChI=1S/C21H25N3O3/c1-26-19-11-15-6-10-24(14-16(15)12-20(19)27-2)17-5-7-22-18(13-17)21(25)23-8-3-4-9-23/h5,7,11-13H,3-4,6,8-10,14H2,1-2H3. The number of carbonyl (C=O) groups is 1. The van der Waals surface area contributed by atoms with Crippen molar-refractivity contribution in [1.82, 2.24) is 9.88 Å². The fraction of sp³-hybridized carbons (Fsp3) is 0.429. The smallest absolute Gasteiger partial charge is 0.272 e. The van der Waals surface area contributed by atoms with Crippen LogP contribution in [-0.4, -0.2) is 49.6 Å². The molecule has 0 atom stereocenters. The van der Waals surface area contributed by atoms with Crippen LogP contribution in [0.5, 0.6) is 11.5 Å². The van der Waals surface area contributed by atoms with Crippen molar-refractivity contribution in [1.29, 1.82) is 0 Å². The molecule has 1 aromatic carbocycles. The van der Waals surface area contributed by atoms with Gasteiger partial charge in [0.15, 0.2) is 11.5 Å². The fourth-order valence-electron chi connectivity index (χ4n) is 3.92. The summed E-state index contributed by atoms with van der Waals surface area (Å²) < 4.78 is 10.9. The lowest BCUT2D eigenvalue weighted by Gasteiger charge is -2.31. The van der Waals surface area contributed by atoms with Crippen molar-refractivity contribution in [3.05, 3.63) is 47.3 Å². The van der Waals surface area contributed by atoms with Gasteiger partial charge in [0.25, 0.3) is 5.91 Å². The predicted octanol–water partition coefficient (Wildman–Crippen LogP) is 2.90. The minimum Gasteiger partial charge on any atom is -0.493 e. The molecule has 1 amide bonds. The molecule has 1 fully saturated rings. The van der Waals surface area contributed by atoms with E-state index in [0.717, 1.165) is 62.6 Å². The SMILES string of the molecule is COc1cc2c(cc1OC)CN(c1ccnc(C(=O)N3CCCC3)c1)CC2. The van der Waals surface area contributed by atoms with Gasteiger partial charge in [-0.1, -0.05) is 0 Å². The van der Waals surface area contributed by atoms with Gasteiger partial charge in [-0.05, 0) is 54.7 Å². The molecule has 6 nitrogen and oxygen atoms in total. The van der Waals surface area contributed by atoms with Crippen molar-refractivity contribution in [3.8, 4) is 11.5 Å². The van der Waals surface area contributed by atoms with Gasteiger partial charge < -0.3 is 19.3 Å². The Kier molecular flexibility index (Phi) is 4.88. The van der Waals surface area contributed by atoms with Gasteiger partial charge in [0, 0.05) is 38.1 Å². The summed E-state index contributed by atoms with van der Waals surface area (Å²) in [6, 6.07) is 8.02. The zero-order valence-electron chi connectivity index (χ0n) is 15.9. The maximum atomic E-state index is 12.6. The number of methoxy groups -OCH3 is 2. The average molecular weight is 367 g/mol. The normalized spacial score (nSPS) is 16.2. The Morgan fingerprint density at radius 3 is 2.41 bits per heavy atom. The molecule has 0 radical (unpaired) electrons. The summed E-state index contributed by atoms with van der Waals surface area (Å²) in [5.74, 6) is 1.56. The van der Waals surface area contributed by atoms with E-state index >= 15 is 0 Å². The molecule has 0 aliphatic carbocycles. The van der Waals surface area contributed by atoms with Crippen LogP contribution < -0.4 is 14.4 Å². The number of likely N-dealkylation sites (tertiary alicyclic amines) is 1. The number of hydrogen-bond acceptors (Lipinski definition) is 5. The maximum absolute atomic E-state index is 12.6. The third kappa shape index (κ3) is 3.44. The second-order valence-electron chi connectivity index (χ2n) is 7.05. The zero-order valence-corrected chi connectivity index (χ0v) is 15.9. The summed E-state index contributed by atoms with van der Waals surface area (Å²) in [6.45, 7) is 3.34. The molecular weight excluding hydrogens is 342 g/mol. The number of pyridine rings is 1. The van der Waals surface area contributed by atoms with Gasteiger partial charge in [-0.25, -0.2) is 0 Å². The molecule has 0 spiro atoms. The van der Waals surface area contributed by atoms with E-state index in [1.807, 2.05) is 17.0 Å². The highest BCUT2D eigenvalue weighted by molar-refractivity contribution is 5.93. The van der Waals surface area contributed by atoms with Crippen LogP contribution in [0, 0.1) is 0 Å². The molecule has 0 unspecified atom stereocenters. The van der Waals surface area contributed by atoms with Crippen LogP contribution in [0.3, 0.4) is 0 Å². The molecule has 2 aromatic rings. The van der Waals surface area contributed by atoms with E-state index in [1.165, 1.54) is 11.1 Å². The first-order valence-corrected chi connectivity index (χ1v) is 9.43. The number of nitrogens with zero attached hydrogens (tertiary/aromatic N) is 3. The number of anilines is 1. The number of amides is 1. The highest BCUT2D eigenvalue weighted by Crippen LogP contribution is 2.34. The summed E-state index contributed by atoms with van der Waals surface area (Å²) in [5, 5.41) is 0. The topological polar surface area (TPSA) is 54.9 Å². The molecule has 2 aliphatic heterocycles. The van der Waals surface area contributed by atoms with Gasteiger partial charge in [0.1, 0.15) is 5.69 Å². The van der Waals surface area contributed by atoms with Gasteiger partial charge in [-0.15, -0.1) is 0 Å². The predicted molar refractivity (Wildman–Crippen MR) is 104 cm³/mol. The summed E-state index contributed by atoms with van der Waals surface area (Å²) in [4.78, 5) is 21.2. The Hall–Kier alpha value is -2.76. The van der Waals surface area contributed by atoms with Crippen LogP contribution in [0.2, 0.25) is 0 Å². The summed E-state index contributed by atoms with van der Waals surface area (Å²) in [7, 11) is 3.32. The van der Waals surface area contributed by atoms with E-state index in [0.29, 0.717) is 5.69 Å². The highest BCUT2D eigenvalue weighted by Gasteiger charge is 2.23. The first kappa shape index (κ1) is 17.6. The molecule has 0 saturated carbocycles. The average Bonchev–Trinajstić information content (AvgIpc) is 3.26. The Morgan fingerprint density at radius 2 is 1.70 bits per heavy atom. The summed E-state index contributed by atoms with van der Waals surface area (Å²) in [5.41, 5.74) is 4.08. The molecular formula is C21H25N3O3. The van der Waals surface area contributed by atoms with E-state index in [-0.39, 0.29) is 5.91 Å². The molecule has 3 heterocycles. The fourth-order valence-corrected chi connectivity index (χ4v) is 3.92. The van der Waals surface area contributed by atoms with Crippen LogP contribution in [0.15, 0.2) is 30.5 Å². The number of fused-ring (bicyclic) bond motifs is 1. The molecule has 1 saturated heterocycles. The van der Waals surface area contributed by atoms with Crippen molar-refractivity contribution in [2.24, 2.45) is 0 Å². The minimum absolute atomic E-state index is 0.0400. The molecule has 0 bridgehead atoms. The highest BCUT2D eigenvalue weighted by atomic mass is 16.5. The molecule has 4 rings (SSSR count). The summed E-state index contributed by atoms with van der Waals surface area (Å²) in [6.07, 6.45) is 4.83. The maximum Gasteiger partial charge on any atom is 0.272 e. The molecule has 2 aliphatic rings. The number of rotatable bonds is 4. The lowest BCUT2D eigenvalue weighted by Crippen LogP contribution is -2.31. The van der Waals surface area contributed by atoms with Crippen molar-refractivity contribution < 1.29 is 14.3 Å². The quantitative estimate of drug-likeness (QED) is 0.832. The van der Waals surface area contributed by atoms with Crippen molar-refractivity contribution in [3.63, 3.8) is 0 Å². The Labute approximate surface area is 159 Å². The molecule has 1 aromatic heterocycles. The number of ether oxygens (including phenoxy) is 2.